The molecule has 0 aromatic heterocycles. The highest BCUT2D eigenvalue weighted by molar-refractivity contribution is 7.92. The largest absolute Gasteiger partial charge is 0.499 e. The van der Waals surface area contributed by atoms with Gasteiger partial charge in [0, 0.05) is 31.8 Å². The number of halogens is 3. The zero-order chi connectivity index (χ0) is 26.8. The van der Waals surface area contributed by atoms with Gasteiger partial charge in [-0.3, -0.25) is 0 Å². The Bertz CT molecular complexity index is 1170. The predicted molar refractivity (Wildman–Crippen MR) is 136 cm³/mol. The van der Waals surface area contributed by atoms with Gasteiger partial charge in [-0.2, -0.15) is 0 Å². The first kappa shape index (κ1) is 27.7. The smallest absolute Gasteiger partial charge is 0.239 e. The summed E-state index contributed by atoms with van der Waals surface area (Å²) in [7, 11) is 1.03. The molecular formula is C24H34F3N5O3S. The summed E-state index contributed by atoms with van der Waals surface area (Å²) in [6.45, 7) is 3.31. The molecule has 0 radical (unpaired) electrons. The molecule has 0 saturated heterocycles. The van der Waals surface area contributed by atoms with Crippen LogP contribution in [0.2, 0.25) is 0 Å². The Morgan fingerprint density at radius 2 is 2.06 bits per heavy atom. The summed E-state index contributed by atoms with van der Waals surface area (Å²) in [6, 6.07) is 4.37. The second-order valence-corrected chi connectivity index (χ2v) is 12.1. The van der Waals surface area contributed by atoms with Crippen LogP contribution in [0.15, 0.2) is 53.6 Å². The number of benzene rings is 1. The van der Waals surface area contributed by atoms with Crippen molar-refractivity contribution in [2.75, 3.05) is 43.7 Å². The fraction of sp³-hybridized carbons (Fsp3) is 0.500. The fourth-order valence-electron chi connectivity index (χ4n) is 4.25. The molecule has 8 nitrogen and oxygen atoms in total. The van der Waals surface area contributed by atoms with Crippen LogP contribution in [0, 0.1) is 5.82 Å². The van der Waals surface area contributed by atoms with Gasteiger partial charge in [-0.25, -0.2) is 21.6 Å². The van der Waals surface area contributed by atoms with E-state index in [9.17, 15) is 21.6 Å². The highest BCUT2D eigenvalue weighted by atomic mass is 32.2. The molecule has 0 saturated carbocycles. The Morgan fingerprint density at radius 1 is 1.36 bits per heavy atom. The summed E-state index contributed by atoms with van der Waals surface area (Å²) >= 11 is 0. The monoisotopic (exact) mass is 529 g/mol. The third kappa shape index (κ3) is 5.59. The number of ether oxygens (including phenoxy) is 1. The van der Waals surface area contributed by atoms with E-state index in [4.69, 9.17) is 10.5 Å². The summed E-state index contributed by atoms with van der Waals surface area (Å²) in [4.78, 5) is 3.36. The molecule has 36 heavy (non-hydrogen) atoms. The Labute approximate surface area is 210 Å². The summed E-state index contributed by atoms with van der Waals surface area (Å²) in [6.07, 6.45) is 0.640. The highest BCUT2D eigenvalue weighted by Gasteiger charge is 2.42. The average Bonchev–Trinajstić information content (AvgIpc) is 2.82. The lowest BCUT2D eigenvalue weighted by atomic mass is 10.0. The van der Waals surface area contributed by atoms with Gasteiger partial charge in [0.1, 0.15) is 17.7 Å². The molecule has 200 valence electrons. The molecule has 2 heterocycles. The van der Waals surface area contributed by atoms with Crippen molar-refractivity contribution >= 4 is 21.2 Å². The van der Waals surface area contributed by atoms with Gasteiger partial charge in [-0.05, 0) is 50.4 Å². The van der Waals surface area contributed by atoms with Crippen LogP contribution in [0.5, 0.6) is 0 Å². The number of allylic oxidation sites excluding steroid dienone is 3. The van der Waals surface area contributed by atoms with Crippen LogP contribution in [0.25, 0.3) is 0 Å². The summed E-state index contributed by atoms with van der Waals surface area (Å²) in [5.41, 5.74) is 8.85. The molecule has 12 heteroatoms. The number of methoxy groups -OCH3 is 1. The first-order chi connectivity index (χ1) is 16.8. The van der Waals surface area contributed by atoms with E-state index < -0.39 is 45.2 Å². The Morgan fingerprint density at radius 3 is 2.69 bits per heavy atom. The molecule has 2 unspecified atom stereocenters. The number of nitrogens with one attached hydrogen (secondary N) is 2. The molecule has 2 aliphatic rings. The van der Waals surface area contributed by atoms with Crippen LogP contribution >= 0.6 is 0 Å². The summed E-state index contributed by atoms with van der Waals surface area (Å²) < 4.78 is 69.5. The number of hydrogen-bond acceptors (Lipinski definition) is 8. The van der Waals surface area contributed by atoms with E-state index in [1.54, 1.807) is 19.4 Å². The van der Waals surface area contributed by atoms with Crippen LogP contribution in [0.1, 0.15) is 20.3 Å². The lowest BCUT2D eigenvalue weighted by Gasteiger charge is -2.39. The minimum atomic E-state index is -4.01. The maximum Gasteiger partial charge on any atom is 0.239 e. The van der Waals surface area contributed by atoms with Gasteiger partial charge >= 0.3 is 0 Å². The van der Waals surface area contributed by atoms with Crippen LogP contribution in [-0.2, 0) is 14.6 Å². The Balaban J connectivity index is 1.85. The number of sulfone groups is 1. The second kappa shape index (κ2) is 10.6. The normalized spacial score (nSPS) is 19.0. The van der Waals surface area contributed by atoms with Crippen LogP contribution in [0.3, 0.4) is 0 Å². The van der Waals surface area contributed by atoms with E-state index in [0.29, 0.717) is 12.2 Å². The second-order valence-electron chi connectivity index (χ2n) is 9.41. The molecule has 0 amide bonds. The zero-order valence-electron chi connectivity index (χ0n) is 21.1. The molecule has 2 aliphatic heterocycles. The molecule has 1 aromatic rings. The first-order valence-corrected chi connectivity index (χ1v) is 13.1. The molecule has 3 rings (SSSR count). The van der Waals surface area contributed by atoms with E-state index in [1.807, 2.05) is 24.1 Å². The van der Waals surface area contributed by atoms with Gasteiger partial charge in [0.25, 0.3) is 0 Å². The number of dihydropyridines is 1. The molecular weight excluding hydrogens is 495 g/mol. The van der Waals surface area contributed by atoms with Crippen molar-refractivity contribution in [1.82, 2.24) is 10.2 Å². The molecule has 0 fully saturated rings. The van der Waals surface area contributed by atoms with Crippen molar-refractivity contribution < 1.29 is 26.3 Å². The lowest BCUT2D eigenvalue weighted by Crippen LogP contribution is -2.58. The van der Waals surface area contributed by atoms with Gasteiger partial charge in [0.15, 0.2) is 9.84 Å². The Kier molecular flexibility index (Phi) is 8.19. The summed E-state index contributed by atoms with van der Waals surface area (Å²) in [5.74, 6) is -0.487. The number of anilines is 2. The van der Waals surface area contributed by atoms with Crippen LogP contribution < -0.4 is 21.3 Å². The number of rotatable bonds is 10. The predicted octanol–water partition coefficient (Wildman–Crippen LogP) is 2.98. The minimum Gasteiger partial charge on any atom is -0.499 e. The molecule has 1 aromatic carbocycles. The van der Waals surface area contributed by atoms with E-state index in [0.717, 1.165) is 17.0 Å². The fourth-order valence-corrected chi connectivity index (χ4v) is 5.79. The van der Waals surface area contributed by atoms with E-state index in [2.05, 4.69) is 10.6 Å². The van der Waals surface area contributed by atoms with Crippen LogP contribution in [-0.4, -0.2) is 70.3 Å². The third-order valence-corrected chi connectivity index (χ3v) is 9.27. The number of nitrogens with two attached hydrogens (primary N) is 1. The van der Waals surface area contributed by atoms with Gasteiger partial charge in [-0.1, -0.05) is 0 Å². The van der Waals surface area contributed by atoms with Crippen molar-refractivity contribution in [3.05, 3.63) is 59.4 Å². The highest BCUT2D eigenvalue weighted by Crippen LogP contribution is 2.32. The topological polar surface area (TPSA) is 99.9 Å². The van der Waals surface area contributed by atoms with Crippen molar-refractivity contribution in [1.29, 1.82) is 0 Å². The number of nitrogens with zero attached hydrogens (tertiary/aromatic N) is 2. The maximum absolute atomic E-state index is 14.9. The number of likely N-dealkylation sites (N-methyl/N-ethyl adjacent to an activating group) is 1. The van der Waals surface area contributed by atoms with Crippen LogP contribution in [0.4, 0.5) is 24.5 Å². The van der Waals surface area contributed by atoms with Crippen molar-refractivity contribution in [2.24, 2.45) is 5.73 Å². The van der Waals surface area contributed by atoms with Gasteiger partial charge in [0.05, 0.1) is 41.7 Å². The molecule has 0 spiro atoms. The van der Waals surface area contributed by atoms with Gasteiger partial charge in [-0.15, -0.1) is 0 Å². The van der Waals surface area contributed by atoms with E-state index >= 15 is 0 Å². The number of alkyl halides is 2. The minimum absolute atomic E-state index is 0.0729. The van der Waals surface area contributed by atoms with Gasteiger partial charge in [0.2, 0.25) is 6.43 Å². The van der Waals surface area contributed by atoms with E-state index in [1.165, 1.54) is 37.9 Å². The van der Waals surface area contributed by atoms with Crippen molar-refractivity contribution in [3.63, 3.8) is 0 Å². The first-order valence-electron chi connectivity index (χ1n) is 11.5. The third-order valence-electron chi connectivity index (χ3n) is 6.65. The van der Waals surface area contributed by atoms with E-state index in [-0.39, 0.29) is 11.9 Å². The maximum atomic E-state index is 14.9. The van der Waals surface area contributed by atoms with Crippen molar-refractivity contribution in [2.45, 2.75) is 43.8 Å². The summed E-state index contributed by atoms with van der Waals surface area (Å²) in [5, 5.41) is 6.59. The molecule has 0 aliphatic carbocycles. The molecule has 4 N–H and O–H groups in total. The van der Waals surface area contributed by atoms with Crippen molar-refractivity contribution in [3.8, 4) is 0 Å². The Hall–Kier alpha value is -2.86. The molecule has 2 atom stereocenters. The average molecular weight is 530 g/mol. The quantitative estimate of drug-likeness (QED) is 0.398. The molecule has 0 bridgehead atoms. The lowest BCUT2D eigenvalue weighted by molar-refractivity contribution is 0.144. The number of hydrogen-bond donors (Lipinski definition) is 3. The van der Waals surface area contributed by atoms with Gasteiger partial charge < -0.3 is 30.9 Å². The standard InChI is InChI=1S/C24H34F3N5O3S/c1-24(2,36(33,34)11-9-20(26)27)23(28)32(4)19-13-16(6-7-18(19)25)30-22-21-15(8-10-29-22)12-17(35-5)14-31(21)3/h6-8,10,12-13,20,22-23,29-30H,9,11,14,28H2,1-5H3. The SMILES string of the molecule is COC1=CC2=C(C(Nc3ccc(F)c(N(C)C(N)C(C)(C)S(=O)(=O)CCC(F)F)c3)NC=C2)N(C)C1. The zero-order valence-corrected chi connectivity index (χ0v) is 21.9.